The molecule has 2 heterocycles. The highest BCUT2D eigenvalue weighted by Crippen LogP contribution is 2.39. The van der Waals surface area contributed by atoms with Crippen LogP contribution in [0.5, 0.6) is 5.75 Å². The largest absolute Gasteiger partial charge is 0.497 e. The third-order valence-corrected chi connectivity index (χ3v) is 8.48. The standard InChI is InChI=1S/C39H24N4O/c1-44-30-15-18-38-34(22-30)33-21-27(14-17-37(33)43(38)39-19-25(23-40)11-12-28(39)24-41)26-13-16-36-32(20-26)31-9-5-6-10-35(31)42(36)29-7-3-2-4-8-29/h2-22H,1H3. The lowest BCUT2D eigenvalue weighted by molar-refractivity contribution is 0.415. The first-order valence-electron chi connectivity index (χ1n) is 14.3. The molecule has 0 aliphatic carbocycles. The Morgan fingerprint density at radius 3 is 1.84 bits per heavy atom. The molecular weight excluding hydrogens is 540 g/mol. The molecule has 44 heavy (non-hydrogen) atoms. The summed E-state index contributed by atoms with van der Waals surface area (Å²) in [4.78, 5) is 0. The number of hydrogen-bond acceptors (Lipinski definition) is 3. The SMILES string of the molecule is COc1ccc2c(c1)c1cc(-c3ccc4c(c3)c3ccccc3n4-c3ccccc3)ccc1n2-c1cc(C#N)ccc1C#N. The molecule has 6 aromatic carbocycles. The topological polar surface area (TPSA) is 66.7 Å². The molecule has 8 rings (SSSR count). The molecule has 0 N–H and O–H groups in total. The van der Waals surface area contributed by atoms with Crippen molar-refractivity contribution in [1.29, 1.82) is 10.5 Å². The van der Waals surface area contributed by atoms with Crippen LogP contribution in [0.1, 0.15) is 11.1 Å². The molecule has 0 bridgehead atoms. The summed E-state index contributed by atoms with van der Waals surface area (Å²) in [6.07, 6.45) is 0. The van der Waals surface area contributed by atoms with Crippen molar-refractivity contribution < 1.29 is 4.74 Å². The number of rotatable bonds is 4. The molecule has 0 radical (unpaired) electrons. The van der Waals surface area contributed by atoms with Gasteiger partial charge in [0, 0.05) is 27.2 Å². The van der Waals surface area contributed by atoms with E-state index in [1.54, 1.807) is 25.3 Å². The number of nitriles is 2. The number of aromatic nitrogens is 2. The molecule has 5 nitrogen and oxygen atoms in total. The molecule has 206 valence electrons. The highest BCUT2D eigenvalue weighted by Gasteiger charge is 2.18. The van der Waals surface area contributed by atoms with Gasteiger partial charge in [-0.25, -0.2) is 0 Å². The van der Waals surface area contributed by atoms with Gasteiger partial charge in [-0.15, -0.1) is 0 Å². The molecule has 0 fully saturated rings. The Labute approximate surface area is 253 Å². The maximum atomic E-state index is 9.97. The number of para-hydroxylation sites is 2. The average Bonchev–Trinajstić information content (AvgIpc) is 3.59. The minimum atomic E-state index is 0.502. The zero-order chi connectivity index (χ0) is 29.8. The van der Waals surface area contributed by atoms with Gasteiger partial charge in [-0.2, -0.15) is 10.5 Å². The first-order valence-corrected chi connectivity index (χ1v) is 14.3. The summed E-state index contributed by atoms with van der Waals surface area (Å²) in [5.41, 5.74) is 9.23. The smallest absolute Gasteiger partial charge is 0.119 e. The normalized spacial score (nSPS) is 11.2. The molecule has 0 saturated carbocycles. The van der Waals surface area contributed by atoms with Crippen LogP contribution < -0.4 is 4.74 Å². The maximum absolute atomic E-state index is 9.97. The molecule has 0 aliphatic heterocycles. The summed E-state index contributed by atoms with van der Waals surface area (Å²) in [7, 11) is 1.66. The van der Waals surface area contributed by atoms with E-state index in [0.717, 1.165) is 49.9 Å². The van der Waals surface area contributed by atoms with Crippen LogP contribution in [0, 0.1) is 22.7 Å². The number of methoxy groups -OCH3 is 1. The summed E-state index contributed by atoms with van der Waals surface area (Å²) < 4.78 is 10.00. The van der Waals surface area contributed by atoms with E-state index < -0.39 is 0 Å². The highest BCUT2D eigenvalue weighted by molar-refractivity contribution is 6.13. The molecule has 0 saturated heterocycles. The maximum Gasteiger partial charge on any atom is 0.119 e. The van der Waals surface area contributed by atoms with Gasteiger partial charge in [-0.1, -0.05) is 48.5 Å². The van der Waals surface area contributed by atoms with Gasteiger partial charge < -0.3 is 13.9 Å². The second-order valence-electron chi connectivity index (χ2n) is 10.8. The fourth-order valence-electron chi connectivity index (χ4n) is 6.46. The zero-order valence-electron chi connectivity index (χ0n) is 23.8. The van der Waals surface area contributed by atoms with Crippen LogP contribution in [0.15, 0.2) is 127 Å². The quantitative estimate of drug-likeness (QED) is 0.214. The first-order chi connectivity index (χ1) is 21.7. The van der Waals surface area contributed by atoms with Crippen molar-refractivity contribution in [1.82, 2.24) is 9.13 Å². The van der Waals surface area contributed by atoms with E-state index >= 15 is 0 Å². The predicted molar refractivity (Wildman–Crippen MR) is 177 cm³/mol. The van der Waals surface area contributed by atoms with Crippen LogP contribution in [0.4, 0.5) is 0 Å². The van der Waals surface area contributed by atoms with Gasteiger partial charge in [0.1, 0.15) is 11.8 Å². The van der Waals surface area contributed by atoms with Crippen molar-refractivity contribution in [3.63, 3.8) is 0 Å². The van der Waals surface area contributed by atoms with Gasteiger partial charge in [0.25, 0.3) is 0 Å². The van der Waals surface area contributed by atoms with Crippen LogP contribution >= 0.6 is 0 Å². The minimum absolute atomic E-state index is 0.502. The zero-order valence-corrected chi connectivity index (χ0v) is 23.8. The lowest BCUT2D eigenvalue weighted by Crippen LogP contribution is -1.98. The van der Waals surface area contributed by atoms with Crippen molar-refractivity contribution >= 4 is 43.6 Å². The second-order valence-corrected chi connectivity index (χ2v) is 10.8. The van der Waals surface area contributed by atoms with Crippen molar-refractivity contribution in [3.05, 3.63) is 139 Å². The molecule has 5 heteroatoms. The summed E-state index contributed by atoms with van der Waals surface area (Å²) in [5, 5.41) is 24.0. The molecule has 0 amide bonds. The summed E-state index contributed by atoms with van der Waals surface area (Å²) in [6, 6.07) is 47.8. The molecule has 0 spiro atoms. The highest BCUT2D eigenvalue weighted by atomic mass is 16.5. The number of benzene rings is 6. The van der Waals surface area contributed by atoms with E-state index in [1.807, 2.05) is 24.3 Å². The summed E-state index contributed by atoms with van der Waals surface area (Å²) in [6.45, 7) is 0. The Hall–Kier alpha value is -6.30. The molecule has 0 unspecified atom stereocenters. The second kappa shape index (κ2) is 9.91. The first kappa shape index (κ1) is 25.4. The average molecular weight is 565 g/mol. The van der Waals surface area contributed by atoms with Crippen molar-refractivity contribution in [3.8, 4) is 40.4 Å². The Bertz CT molecular complexity index is 2510. The van der Waals surface area contributed by atoms with Gasteiger partial charge in [0.2, 0.25) is 0 Å². The number of nitrogens with zero attached hydrogens (tertiary/aromatic N) is 4. The minimum Gasteiger partial charge on any atom is -0.497 e. The van der Waals surface area contributed by atoms with Gasteiger partial charge >= 0.3 is 0 Å². The van der Waals surface area contributed by atoms with E-state index in [0.29, 0.717) is 16.8 Å². The van der Waals surface area contributed by atoms with E-state index in [-0.39, 0.29) is 0 Å². The van der Waals surface area contributed by atoms with Gasteiger partial charge in [0.05, 0.1) is 52.1 Å². The Kier molecular flexibility index (Phi) is 5.72. The molecule has 0 aliphatic rings. The van der Waals surface area contributed by atoms with E-state index in [1.165, 1.54) is 16.3 Å². The Morgan fingerprint density at radius 1 is 0.523 bits per heavy atom. The van der Waals surface area contributed by atoms with Crippen LogP contribution in [-0.2, 0) is 0 Å². The summed E-state index contributed by atoms with van der Waals surface area (Å²) >= 11 is 0. The van der Waals surface area contributed by atoms with Crippen LogP contribution in [0.2, 0.25) is 0 Å². The lowest BCUT2D eigenvalue weighted by atomic mass is 10.0. The van der Waals surface area contributed by atoms with Gasteiger partial charge in [0.15, 0.2) is 0 Å². The monoisotopic (exact) mass is 564 g/mol. The van der Waals surface area contributed by atoms with E-state index in [2.05, 4.69) is 106 Å². The third-order valence-electron chi connectivity index (χ3n) is 8.48. The Balaban J connectivity index is 1.38. The van der Waals surface area contributed by atoms with Gasteiger partial charge in [-0.05, 0) is 90.0 Å². The number of fused-ring (bicyclic) bond motifs is 6. The molecule has 2 aromatic heterocycles. The van der Waals surface area contributed by atoms with Crippen molar-refractivity contribution in [2.24, 2.45) is 0 Å². The van der Waals surface area contributed by atoms with Crippen molar-refractivity contribution in [2.45, 2.75) is 0 Å². The van der Waals surface area contributed by atoms with E-state index in [9.17, 15) is 10.5 Å². The van der Waals surface area contributed by atoms with Gasteiger partial charge in [-0.3, -0.25) is 0 Å². The number of hydrogen-bond donors (Lipinski definition) is 0. The summed E-state index contributed by atoms with van der Waals surface area (Å²) in [5.74, 6) is 0.753. The van der Waals surface area contributed by atoms with Crippen LogP contribution in [0.25, 0.3) is 66.1 Å². The third kappa shape index (κ3) is 3.78. The van der Waals surface area contributed by atoms with Crippen molar-refractivity contribution in [2.75, 3.05) is 7.11 Å². The lowest BCUT2D eigenvalue weighted by Gasteiger charge is -2.11. The molecule has 8 aromatic rings. The fourth-order valence-corrected chi connectivity index (χ4v) is 6.46. The molecule has 0 atom stereocenters. The molecular formula is C39H24N4O. The Morgan fingerprint density at radius 2 is 1.14 bits per heavy atom. The van der Waals surface area contributed by atoms with E-state index in [4.69, 9.17) is 4.74 Å². The fraction of sp³-hybridized carbons (Fsp3) is 0.0256. The van der Waals surface area contributed by atoms with Crippen LogP contribution in [-0.4, -0.2) is 16.2 Å². The van der Waals surface area contributed by atoms with Crippen LogP contribution in [0.3, 0.4) is 0 Å². The number of ether oxygens (including phenoxy) is 1. The predicted octanol–water partition coefficient (Wildman–Crippen LogP) is 9.30.